The van der Waals surface area contributed by atoms with E-state index < -0.39 is 0 Å². The van der Waals surface area contributed by atoms with Crippen LogP contribution in [0.5, 0.6) is 0 Å². The number of furan rings is 1. The number of piperazine rings is 2. The van der Waals surface area contributed by atoms with E-state index >= 15 is 0 Å². The summed E-state index contributed by atoms with van der Waals surface area (Å²) in [6, 6.07) is 13.4. The van der Waals surface area contributed by atoms with E-state index in [4.69, 9.17) is 4.42 Å². The number of fused-ring (bicyclic) bond motifs is 1. The van der Waals surface area contributed by atoms with Crippen molar-refractivity contribution in [2.24, 2.45) is 0 Å². The van der Waals surface area contributed by atoms with Crippen molar-refractivity contribution in [2.45, 2.75) is 12.6 Å². The van der Waals surface area contributed by atoms with E-state index in [0.717, 1.165) is 17.9 Å². The maximum absolute atomic E-state index is 5.46. The average Bonchev–Trinajstić information content (AvgIpc) is 3.10. The van der Waals surface area contributed by atoms with Crippen molar-refractivity contribution in [1.82, 2.24) is 14.7 Å². The largest absolute Gasteiger partial charge is 0.464 e. The molecule has 0 N–H and O–H groups in total. The molecule has 1 aromatic carbocycles. The third-order valence-electron chi connectivity index (χ3n) is 5.15. The predicted molar refractivity (Wildman–Crippen MR) is 92.3 cm³/mol. The molecule has 2 aliphatic heterocycles. The molecule has 4 rings (SSSR count). The smallest absolute Gasteiger partial charge is 0.133 e. The summed E-state index contributed by atoms with van der Waals surface area (Å²) in [6.45, 7) is 8.27. The standard InChI is InChI=1S/C19H25N3O/c1-20-8-10-22-11-9-21(15-18(22)14-20)13-16-4-6-17(7-5-16)19-3-2-12-23-19/h2-7,12,18H,8-11,13-15H2,1H3. The highest BCUT2D eigenvalue weighted by atomic mass is 16.3. The van der Waals surface area contributed by atoms with Gasteiger partial charge < -0.3 is 9.32 Å². The van der Waals surface area contributed by atoms with Crippen LogP contribution in [0.25, 0.3) is 11.3 Å². The molecule has 0 bridgehead atoms. The van der Waals surface area contributed by atoms with Crippen molar-refractivity contribution in [3.8, 4) is 11.3 Å². The molecule has 0 amide bonds. The molecule has 2 fully saturated rings. The number of hydrogen-bond acceptors (Lipinski definition) is 4. The number of hydrogen-bond donors (Lipinski definition) is 0. The molecule has 1 unspecified atom stereocenters. The maximum Gasteiger partial charge on any atom is 0.133 e. The zero-order valence-electron chi connectivity index (χ0n) is 13.8. The van der Waals surface area contributed by atoms with E-state index in [1.807, 2.05) is 12.1 Å². The van der Waals surface area contributed by atoms with Crippen LogP contribution in [0, 0.1) is 0 Å². The van der Waals surface area contributed by atoms with Crippen LogP contribution in [-0.4, -0.2) is 67.1 Å². The summed E-state index contributed by atoms with van der Waals surface area (Å²) in [5.41, 5.74) is 2.54. The monoisotopic (exact) mass is 311 g/mol. The molecular weight excluding hydrogens is 286 g/mol. The lowest BCUT2D eigenvalue weighted by Gasteiger charge is -2.46. The lowest BCUT2D eigenvalue weighted by molar-refractivity contribution is 0.0175. The minimum absolute atomic E-state index is 0.699. The van der Waals surface area contributed by atoms with Gasteiger partial charge in [-0.25, -0.2) is 0 Å². The van der Waals surface area contributed by atoms with Gasteiger partial charge in [-0.15, -0.1) is 0 Å². The van der Waals surface area contributed by atoms with Crippen LogP contribution in [0.1, 0.15) is 5.56 Å². The van der Waals surface area contributed by atoms with E-state index in [0.29, 0.717) is 6.04 Å². The van der Waals surface area contributed by atoms with E-state index in [1.54, 1.807) is 6.26 Å². The van der Waals surface area contributed by atoms with Crippen LogP contribution in [-0.2, 0) is 6.54 Å². The Balaban J connectivity index is 1.38. The molecule has 2 aromatic rings. The number of rotatable bonds is 3. The molecule has 122 valence electrons. The fraction of sp³-hybridized carbons (Fsp3) is 0.474. The van der Waals surface area contributed by atoms with Crippen LogP contribution in [0.2, 0.25) is 0 Å². The Morgan fingerprint density at radius 1 is 1.00 bits per heavy atom. The van der Waals surface area contributed by atoms with E-state index in [-0.39, 0.29) is 0 Å². The summed E-state index contributed by atoms with van der Waals surface area (Å²) in [4.78, 5) is 7.72. The topological polar surface area (TPSA) is 22.9 Å². The van der Waals surface area contributed by atoms with Gasteiger partial charge in [0.15, 0.2) is 0 Å². The molecule has 1 atom stereocenters. The lowest BCUT2D eigenvalue weighted by atomic mass is 10.1. The molecule has 2 saturated heterocycles. The first-order chi connectivity index (χ1) is 11.3. The van der Waals surface area contributed by atoms with Gasteiger partial charge in [0.05, 0.1) is 6.26 Å². The Morgan fingerprint density at radius 2 is 1.83 bits per heavy atom. The van der Waals surface area contributed by atoms with Gasteiger partial charge in [0, 0.05) is 57.4 Å². The number of benzene rings is 1. The molecule has 0 radical (unpaired) electrons. The minimum Gasteiger partial charge on any atom is -0.464 e. The molecule has 2 aliphatic rings. The Labute approximate surface area is 138 Å². The molecule has 0 aliphatic carbocycles. The Kier molecular flexibility index (Phi) is 4.21. The highest BCUT2D eigenvalue weighted by Gasteiger charge is 2.30. The van der Waals surface area contributed by atoms with Crippen molar-refractivity contribution in [3.05, 3.63) is 48.2 Å². The molecule has 0 spiro atoms. The van der Waals surface area contributed by atoms with Crippen LogP contribution >= 0.6 is 0 Å². The Morgan fingerprint density at radius 3 is 2.61 bits per heavy atom. The number of likely N-dealkylation sites (N-methyl/N-ethyl adjacent to an activating group) is 1. The first kappa shape index (κ1) is 14.9. The fourth-order valence-electron chi connectivity index (χ4n) is 3.79. The first-order valence-corrected chi connectivity index (χ1v) is 8.56. The van der Waals surface area contributed by atoms with Gasteiger partial charge >= 0.3 is 0 Å². The molecule has 4 nitrogen and oxygen atoms in total. The SMILES string of the molecule is CN1CCN2CCN(Cc3ccc(-c4ccco4)cc3)CC2C1. The molecule has 1 aromatic heterocycles. The summed E-state index contributed by atoms with van der Waals surface area (Å²) in [5, 5.41) is 0. The predicted octanol–water partition coefficient (Wildman–Crippen LogP) is 2.38. The molecule has 4 heteroatoms. The van der Waals surface area contributed by atoms with Gasteiger partial charge in [-0.2, -0.15) is 0 Å². The first-order valence-electron chi connectivity index (χ1n) is 8.56. The van der Waals surface area contributed by atoms with Gasteiger partial charge in [-0.3, -0.25) is 9.80 Å². The van der Waals surface area contributed by atoms with Crippen LogP contribution in [0.3, 0.4) is 0 Å². The van der Waals surface area contributed by atoms with E-state index in [1.165, 1.54) is 44.8 Å². The number of nitrogens with zero attached hydrogens (tertiary/aromatic N) is 3. The molecular formula is C19H25N3O. The summed E-state index contributed by atoms with van der Waals surface area (Å²) in [6.07, 6.45) is 1.73. The van der Waals surface area contributed by atoms with Gasteiger partial charge in [0.1, 0.15) is 5.76 Å². The average molecular weight is 311 g/mol. The van der Waals surface area contributed by atoms with Crippen molar-refractivity contribution >= 4 is 0 Å². The fourth-order valence-corrected chi connectivity index (χ4v) is 3.79. The van der Waals surface area contributed by atoms with Crippen LogP contribution in [0.15, 0.2) is 47.1 Å². The van der Waals surface area contributed by atoms with Crippen molar-refractivity contribution in [2.75, 3.05) is 46.3 Å². The summed E-state index contributed by atoms with van der Waals surface area (Å²) in [7, 11) is 2.24. The second kappa shape index (κ2) is 6.48. The lowest BCUT2D eigenvalue weighted by Crippen LogP contribution is -2.60. The zero-order valence-corrected chi connectivity index (χ0v) is 13.8. The van der Waals surface area contributed by atoms with Crippen molar-refractivity contribution < 1.29 is 4.42 Å². The minimum atomic E-state index is 0.699. The summed E-state index contributed by atoms with van der Waals surface area (Å²) in [5.74, 6) is 0.940. The molecule has 3 heterocycles. The van der Waals surface area contributed by atoms with Gasteiger partial charge in [0.25, 0.3) is 0 Å². The maximum atomic E-state index is 5.46. The highest BCUT2D eigenvalue weighted by molar-refractivity contribution is 5.57. The second-order valence-electron chi connectivity index (χ2n) is 6.86. The summed E-state index contributed by atoms with van der Waals surface area (Å²) < 4.78 is 5.46. The van der Waals surface area contributed by atoms with Crippen LogP contribution in [0.4, 0.5) is 0 Å². The second-order valence-corrected chi connectivity index (χ2v) is 6.86. The Bertz CT molecular complexity index is 623. The third kappa shape index (κ3) is 3.34. The van der Waals surface area contributed by atoms with Gasteiger partial charge in [0.2, 0.25) is 0 Å². The van der Waals surface area contributed by atoms with Crippen LogP contribution < -0.4 is 0 Å². The van der Waals surface area contributed by atoms with Crippen molar-refractivity contribution in [3.63, 3.8) is 0 Å². The highest BCUT2D eigenvalue weighted by Crippen LogP contribution is 2.21. The normalized spacial score (nSPS) is 23.8. The quantitative estimate of drug-likeness (QED) is 0.868. The van der Waals surface area contributed by atoms with E-state index in [9.17, 15) is 0 Å². The van der Waals surface area contributed by atoms with Gasteiger partial charge in [-0.1, -0.05) is 24.3 Å². The zero-order chi connectivity index (χ0) is 15.6. The third-order valence-corrected chi connectivity index (χ3v) is 5.15. The van der Waals surface area contributed by atoms with Crippen molar-refractivity contribution in [1.29, 1.82) is 0 Å². The van der Waals surface area contributed by atoms with Gasteiger partial charge in [-0.05, 0) is 24.7 Å². The molecule has 0 saturated carbocycles. The summed E-state index contributed by atoms with van der Waals surface area (Å²) >= 11 is 0. The molecule has 23 heavy (non-hydrogen) atoms. The van der Waals surface area contributed by atoms with E-state index in [2.05, 4.69) is 46.0 Å². The Hall–Kier alpha value is -1.62.